The Bertz CT molecular complexity index is 979. The highest BCUT2D eigenvalue weighted by atomic mass is 31.1. The third-order valence-corrected chi connectivity index (χ3v) is 20.0. The molecule has 2 rings (SSSR count). The summed E-state index contributed by atoms with van der Waals surface area (Å²) in [5, 5.41) is 10.7. The standard InChI is InChI=1S/C32H58P4/c1-27(2,3)21-23(29(7,8)9)35(25(33-21)31(13,14)15)19-20-36-24(30(10,11)12)22(28(4,5)6)34-26(36)32(16,17)18/h19-20H2,1-18H3. The lowest BCUT2D eigenvalue weighted by atomic mass is 9.86. The van der Waals surface area contributed by atoms with Crippen molar-refractivity contribution < 1.29 is 0 Å². The van der Waals surface area contributed by atoms with Crippen LogP contribution in [0.25, 0.3) is 0 Å². The minimum atomic E-state index is -0.259. The lowest BCUT2D eigenvalue weighted by Crippen LogP contribution is -2.19. The van der Waals surface area contributed by atoms with Gasteiger partial charge in [0.25, 0.3) is 0 Å². The summed E-state index contributed by atoms with van der Waals surface area (Å²) in [6.45, 7) is 44.4. The van der Waals surface area contributed by atoms with E-state index >= 15 is 0 Å². The third kappa shape index (κ3) is 7.13. The Morgan fingerprint density at radius 2 is 0.639 bits per heavy atom. The molecule has 0 N–H and O–H groups in total. The summed E-state index contributed by atoms with van der Waals surface area (Å²) in [6.07, 6.45) is 2.72. The average Bonchev–Trinajstić information content (AvgIpc) is 3.17. The van der Waals surface area contributed by atoms with Crippen LogP contribution in [0, 0.1) is 0 Å². The Balaban J connectivity index is 2.87. The zero-order valence-electron chi connectivity index (χ0n) is 27.2. The van der Waals surface area contributed by atoms with E-state index in [0.29, 0.717) is 0 Å². The highest BCUT2D eigenvalue weighted by Crippen LogP contribution is 2.65. The van der Waals surface area contributed by atoms with Crippen LogP contribution in [-0.4, -0.2) is 0 Å². The van der Waals surface area contributed by atoms with Gasteiger partial charge in [-0.2, -0.15) is 0 Å². The van der Waals surface area contributed by atoms with E-state index in [-0.39, 0.29) is 47.6 Å². The number of hydrogen-bond acceptors (Lipinski definition) is 0. The molecule has 0 aliphatic heterocycles. The van der Waals surface area contributed by atoms with E-state index in [2.05, 4.69) is 125 Å². The molecule has 2 atom stereocenters. The van der Waals surface area contributed by atoms with E-state index < -0.39 is 0 Å². The van der Waals surface area contributed by atoms with E-state index in [4.69, 9.17) is 0 Å². The average molecular weight is 567 g/mol. The van der Waals surface area contributed by atoms with Crippen molar-refractivity contribution in [3.63, 3.8) is 0 Å². The van der Waals surface area contributed by atoms with Gasteiger partial charge in [-0.3, -0.25) is 0 Å². The highest BCUT2D eigenvalue weighted by molar-refractivity contribution is 7.64. The van der Waals surface area contributed by atoms with E-state index in [1.54, 1.807) is 27.0 Å². The quantitative estimate of drug-likeness (QED) is 0.347. The summed E-state index contributed by atoms with van der Waals surface area (Å²) in [7, 11) is 2.57. The summed E-state index contributed by atoms with van der Waals surface area (Å²) in [5.74, 6) is 0. The summed E-state index contributed by atoms with van der Waals surface area (Å²) >= 11 is 0. The van der Waals surface area contributed by atoms with Gasteiger partial charge in [-0.15, -0.1) is 15.1 Å². The first-order valence-electron chi connectivity index (χ1n) is 13.9. The normalized spacial score (nSPS) is 16.1. The molecule has 0 aliphatic rings. The van der Waals surface area contributed by atoms with Gasteiger partial charge in [-0.1, -0.05) is 141 Å². The summed E-state index contributed by atoms with van der Waals surface area (Å²) in [4.78, 5) is 0. The van der Waals surface area contributed by atoms with Crippen molar-refractivity contribution in [1.29, 1.82) is 0 Å². The van der Waals surface area contributed by atoms with E-state index in [1.807, 2.05) is 20.6 Å². The van der Waals surface area contributed by atoms with Gasteiger partial charge in [0.1, 0.15) is 0 Å². The zero-order chi connectivity index (χ0) is 28.4. The van der Waals surface area contributed by atoms with Crippen molar-refractivity contribution in [1.82, 2.24) is 0 Å². The number of hydrogen-bond donors (Lipinski definition) is 0. The van der Waals surface area contributed by atoms with Crippen LogP contribution in [0.1, 0.15) is 156 Å². The SMILES string of the molecule is CC(C)(C)c1pc(C(C)(C)C)p(CCp2c(C(C)(C)C)pc(C(C)(C)C)c2C(C)(C)C)c1C(C)(C)C. The van der Waals surface area contributed by atoms with Gasteiger partial charge in [-0.25, -0.2) is 0 Å². The van der Waals surface area contributed by atoms with Gasteiger partial charge >= 0.3 is 0 Å². The molecule has 2 aromatic heterocycles. The third-order valence-electron chi connectivity index (χ3n) is 6.67. The maximum Gasteiger partial charge on any atom is 0.00477 e. The molecule has 36 heavy (non-hydrogen) atoms. The second-order valence-corrected chi connectivity index (χ2v) is 24.4. The van der Waals surface area contributed by atoms with Crippen molar-refractivity contribution in [2.75, 3.05) is 0 Å². The molecule has 4 heteroatoms. The fourth-order valence-electron chi connectivity index (χ4n) is 5.25. The van der Waals surface area contributed by atoms with Gasteiger partial charge < -0.3 is 0 Å². The molecular formula is C32H58P4. The first-order valence-corrected chi connectivity index (χ1v) is 18.8. The van der Waals surface area contributed by atoms with Crippen molar-refractivity contribution in [2.24, 2.45) is 0 Å². The Labute approximate surface area is 231 Å². The minimum Gasteiger partial charge on any atom is -0.111 e. The van der Waals surface area contributed by atoms with Crippen LogP contribution >= 0.6 is 31.5 Å². The minimum absolute atomic E-state index is 0.228. The van der Waals surface area contributed by atoms with Gasteiger partial charge in [-0.05, 0) is 66.0 Å². The molecule has 0 aromatic carbocycles. The molecule has 2 aromatic rings. The molecule has 0 aliphatic carbocycles. The molecule has 0 saturated carbocycles. The molecule has 0 radical (unpaired) electrons. The van der Waals surface area contributed by atoms with Crippen molar-refractivity contribution in [3.05, 3.63) is 31.2 Å². The van der Waals surface area contributed by atoms with Gasteiger partial charge in [0.15, 0.2) is 0 Å². The molecule has 2 heterocycles. The van der Waals surface area contributed by atoms with Crippen LogP contribution in [0.4, 0.5) is 0 Å². The Morgan fingerprint density at radius 1 is 0.389 bits per heavy atom. The van der Waals surface area contributed by atoms with Crippen LogP contribution in [0.3, 0.4) is 0 Å². The second kappa shape index (κ2) is 10.1. The van der Waals surface area contributed by atoms with E-state index in [9.17, 15) is 0 Å². The maximum absolute atomic E-state index is 2.48. The Hall–Kier alpha value is 0.420. The van der Waals surface area contributed by atoms with Gasteiger partial charge in [0.2, 0.25) is 0 Å². The van der Waals surface area contributed by atoms with Gasteiger partial charge in [0.05, 0.1) is 0 Å². The van der Waals surface area contributed by atoms with Crippen molar-refractivity contribution in [2.45, 2.75) is 169 Å². The molecule has 0 bridgehead atoms. The monoisotopic (exact) mass is 566 g/mol. The zero-order valence-corrected chi connectivity index (χ0v) is 30.8. The van der Waals surface area contributed by atoms with Crippen LogP contribution in [0.15, 0.2) is 0 Å². The molecule has 0 nitrogen and oxygen atoms in total. The van der Waals surface area contributed by atoms with Crippen molar-refractivity contribution >= 4 is 31.5 Å². The molecule has 0 saturated heterocycles. The molecule has 206 valence electrons. The van der Waals surface area contributed by atoms with E-state index in [0.717, 1.165) is 0 Å². The molecule has 0 fully saturated rings. The lowest BCUT2D eigenvalue weighted by Gasteiger charge is -2.31. The summed E-state index contributed by atoms with van der Waals surface area (Å²) in [6, 6.07) is 0. The largest absolute Gasteiger partial charge is 0.111 e. The smallest absolute Gasteiger partial charge is 0.00477 e. The summed E-state index contributed by atoms with van der Waals surface area (Å²) in [5.41, 5.74) is 1.43. The van der Waals surface area contributed by atoms with Crippen molar-refractivity contribution in [3.8, 4) is 0 Å². The summed E-state index contributed by atoms with van der Waals surface area (Å²) < 4.78 is 0. The molecule has 0 spiro atoms. The Kier molecular flexibility index (Phi) is 9.17. The first-order chi connectivity index (χ1) is 15.7. The van der Waals surface area contributed by atoms with Crippen LogP contribution in [-0.2, 0) is 44.8 Å². The molecule has 2 unspecified atom stereocenters. The van der Waals surface area contributed by atoms with Gasteiger partial charge in [0, 0.05) is 10.1 Å². The Morgan fingerprint density at radius 3 is 0.806 bits per heavy atom. The lowest BCUT2D eigenvalue weighted by molar-refractivity contribution is 0.549. The fraction of sp³-hybridized carbons (Fsp3) is 0.812. The predicted octanol–water partition coefficient (Wildman–Crippen LogP) is 13.3. The van der Waals surface area contributed by atoms with Crippen LogP contribution in [0.2, 0.25) is 0 Å². The first kappa shape index (κ1) is 32.6. The van der Waals surface area contributed by atoms with Crippen LogP contribution in [0.5, 0.6) is 0 Å². The maximum atomic E-state index is 2.48. The predicted molar refractivity (Wildman–Crippen MR) is 176 cm³/mol. The van der Waals surface area contributed by atoms with E-state index in [1.165, 1.54) is 12.3 Å². The second-order valence-electron chi connectivity index (χ2n) is 17.1. The fourth-order valence-corrected chi connectivity index (χ4v) is 19.0. The highest BCUT2D eigenvalue weighted by Gasteiger charge is 2.37. The molecule has 0 amide bonds. The number of rotatable bonds is 3. The molecular weight excluding hydrogens is 508 g/mol. The van der Waals surface area contributed by atoms with Crippen LogP contribution < -0.4 is 0 Å². The topological polar surface area (TPSA) is 0 Å².